The second-order valence-electron chi connectivity index (χ2n) is 4.61. The van der Waals surface area contributed by atoms with E-state index in [2.05, 4.69) is 26.1 Å². The van der Waals surface area contributed by atoms with Gasteiger partial charge in [0.2, 0.25) is 0 Å². The standard InChI is InChI=1S/C13H29NO4/c1-5-14-12-13(2,3)18-11-10-17-9-8-16-7-6-15-4/h14H,5-12H2,1-4H3. The Hall–Kier alpha value is -0.200. The van der Waals surface area contributed by atoms with Crippen LogP contribution in [-0.2, 0) is 18.9 Å². The Morgan fingerprint density at radius 2 is 1.44 bits per heavy atom. The summed E-state index contributed by atoms with van der Waals surface area (Å²) in [6, 6.07) is 0. The second-order valence-corrected chi connectivity index (χ2v) is 4.61. The molecule has 0 saturated carbocycles. The summed E-state index contributed by atoms with van der Waals surface area (Å²) in [6.07, 6.45) is 0. The number of hydrogen-bond acceptors (Lipinski definition) is 5. The lowest BCUT2D eigenvalue weighted by molar-refractivity contribution is -0.0519. The first kappa shape index (κ1) is 17.8. The van der Waals surface area contributed by atoms with Crippen LogP contribution < -0.4 is 5.32 Å². The molecular formula is C13H29NO4. The minimum atomic E-state index is -0.145. The van der Waals surface area contributed by atoms with Crippen LogP contribution in [0.5, 0.6) is 0 Å². The lowest BCUT2D eigenvalue weighted by Gasteiger charge is -2.25. The third-order valence-corrected chi connectivity index (χ3v) is 2.32. The average molecular weight is 263 g/mol. The van der Waals surface area contributed by atoms with Crippen molar-refractivity contribution >= 4 is 0 Å². The highest BCUT2D eigenvalue weighted by Crippen LogP contribution is 2.06. The number of hydrogen-bond donors (Lipinski definition) is 1. The van der Waals surface area contributed by atoms with Gasteiger partial charge < -0.3 is 24.3 Å². The van der Waals surface area contributed by atoms with Crippen LogP contribution in [0.2, 0.25) is 0 Å². The van der Waals surface area contributed by atoms with E-state index < -0.39 is 0 Å². The summed E-state index contributed by atoms with van der Waals surface area (Å²) in [5, 5.41) is 3.27. The molecule has 0 heterocycles. The van der Waals surface area contributed by atoms with Gasteiger partial charge in [0.25, 0.3) is 0 Å². The normalized spacial score (nSPS) is 12.0. The lowest BCUT2D eigenvalue weighted by Crippen LogP contribution is -2.38. The van der Waals surface area contributed by atoms with Crippen LogP contribution in [0.15, 0.2) is 0 Å². The van der Waals surface area contributed by atoms with E-state index >= 15 is 0 Å². The monoisotopic (exact) mass is 263 g/mol. The Morgan fingerprint density at radius 3 is 2.00 bits per heavy atom. The van der Waals surface area contributed by atoms with Crippen LogP contribution in [0.4, 0.5) is 0 Å². The Morgan fingerprint density at radius 1 is 0.889 bits per heavy atom. The van der Waals surface area contributed by atoms with Crippen LogP contribution in [0.25, 0.3) is 0 Å². The predicted octanol–water partition coefficient (Wildman–Crippen LogP) is 1.07. The molecule has 0 bridgehead atoms. The van der Waals surface area contributed by atoms with Gasteiger partial charge in [-0.25, -0.2) is 0 Å². The van der Waals surface area contributed by atoms with Crippen LogP contribution in [-0.4, -0.2) is 65.4 Å². The molecule has 0 aliphatic carbocycles. The van der Waals surface area contributed by atoms with E-state index in [0.717, 1.165) is 13.1 Å². The van der Waals surface area contributed by atoms with Crippen molar-refractivity contribution in [1.82, 2.24) is 5.32 Å². The third-order valence-electron chi connectivity index (χ3n) is 2.32. The minimum absolute atomic E-state index is 0.145. The molecule has 0 atom stereocenters. The Labute approximate surface area is 111 Å². The molecule has 0 rings (SSSR count). The zero-order valence-electron chi connectivity index (χ0n) is 12.3. The van der Waals surface area contributed by atoms with Gasteiger partial charge in [0.05, 0.1) is 45.2 Å². The van der Waals surface area contributed by atoms with E-state index in [4.69, 9.17) is 18.9 Å². The van der Waals surface area contributed by atoms with Crippen molar-refractivity contribution in [1.29, 1.82) is 0 Å². The molecule has 0 unspecified atom stereocenters. The topological polar surface area (TPSA) is 49.0 Å². The van der Waals surface area contributed by atoms with Crippen LogP contribution in [0.3, 0.4) is 0 Å². The van der Waals surface area contributed by atoms with Gasteiger partial charge in [0, 0.05) is 13.7 Å². The van der Waals surface area contributed by atoms with E-state index in [1.54, 1.807) is 7.11 Å². The highest BCUT2D eigenvalue weighted by atomic mass is 16.6. The molecule has 110 valence electrons. The summed E-state index contributed by atoms with van der Waals surface area (Å²) in [6.45, 7) is 11.7. The largest absolute Gasteiger partial charge is 0.382 e. The SMILES string of the molecule is CCNCC(C)(C)OCCOCCOCCOC. The molecule has 0 radical (unpaired) electrons. The predicted molar refractivity (Wildman–Crippen MR) is 72.1 cm³/mol. The van der Waals surface area contributed by atoms with Crippen molar-refractivity contribution in [3.05, 3.63) is 0 Å². The molecule has 5 nitrogen and oxygen atoms in total. The minimum Gasteiger partial charge on any atom is -0.382 e. The van der Waals surface area contributed by atoms with Crippen LogP contribution >= 0.6 is 0 Å². The zero-order valence-corrected chi connectivity index (χ0v) is 12.3. The number of likely N-dealkylation sites (N-methyl/N-ethyl adjacent to an activating group) is 1. The van der Waals surface area contributed by atoms with Crippen molar-refractivity contribution in [3.63, 3.8) is 0 Å². The molecule has 0 fully saturated rings. The highest BCUT2D eigenvalue weighted by Gasteiger charge is 2.16. The number of methoxy groups -OCH3 is 1. The molecular weight excluding hydrogens is 234 g/mol. The first-order valence-corrected chi connectivity index (χ1v) is 6.61. The lowest BCUT2D eigenvalue weighted by atomic mass is 10.1. The molecule has 5 heteroatoms. The smallest absolute Gasteiger partial charge is 0.0751 e. The first-order valence-electron chi connectivity index (χ1n) is 6.61. The Bertz CT molecular complexity index is 176. The third kappa shape index (κ3) is 12.3. The Kier molecular flexibility index (Phi) is 11.7. The van der Waals surface area contributed by atoms with E-state index in [-0.39, 0.29) is 5.60 Å². The zero-order chi connectivity index (χ0) is 13.7. The fourth-order valence-corrected chi connectivity index (χ4v) is 1.32. The van der Waals surface area contributed by atoms with Gasteiger partial charge in [-0.3, -0.25) is 0 Å². The second kappa shape index (κ2) is 11.9. The molecule has 0 aliphatic rings. The van der Waals surface area contributed by atoms with Crippen LogP contribution in [0, 0.1) is 0 Å². The van der Waals surface area contributed by atoms with Gasteiger partial charge in [-0.2, -0.15) is 0 Å². The van der Waals surface area contributed by atoms with E-state index in [1.807, 2.05) is 0 Å². The van der Waals surface area contributed by atoms with Crippen molar-refractivity contribution in [3.8, 4) is 0 Å². The van der Waals surface area contributed by atoms with E-state index in [1.165, 1.54) is 0 Å². The molecule has 0 spiro atoms. The van der Waals surface area contributed by atoms with E-state index in [9.17, 15) is 0 Å². The first-order chi connectivity index (χ1) is 8.62. The number of nitrogens with one attached hydrogen (secondary N) is 1. The average Bonchev–Trinajstić information content (AvgIpc) is 2.34. The Balaban J connectivity index is 3.23. The summed E-state index contributed by atoms with van der Waals surface area (Å²) >= 11 is 0. The fraction of sp³-hybridized carbons (Fsp3) is 1.00. The molecule has 0 aromatic carbocycles. The van der Waals surface area contributed by atoms with Gasteiger partial charge in [0.15, 0.2) is 0 Å². The molecule has 0 aromatic heterocycles. The summed E-state index contributed by atoms with van der Waals surface area (Å²) < 4.78 is 21.3. The van der Waals surface area contributed by atoms with Gasteiger partial charge in [-0.15, -0.1) is 0 Å². The maximum atomic E-state index is 5.73. The molecule has 0 amide bonds. The summed E-state index contributed by atoms with van der Waals surface area (Å²) in [5.74, 6) is 0. The summed E-state index contributed by atoms with van der Waals surface area (Å²) in [4.78, 5) is 0. The summed E-state index contributed by atoms with van der Waals surface area (Å²) in [5.41, 5.74) is -0.145. The van der Waals surface area contributed by atoms with Gasteiger partial charge in [0.1, 0.15) is 0 Å². The maximum Gasteiger partial charge on any atom is 0.0751 e. The van der Waals surface area contributed by atoms with Gasteiger partial charge in [-0.1, -0.05) is 6.92 Å². The number of rotatable bonds is 13. The van der Waals surface area contributed by atoms with E-state index in [0.29, 0.717) is 39.6 Å². The number of ether oxygens (including phenoxy) is 4. The van der Waals surface area contributed by atoms with Crippen LogP contribution in [0.1, 0.15) is 20.8 Å². The van der Waals surface area contributed by atoms with Crippen molar-refractivity contribution in [2.45, 2.75) is 26.4 Å². The summed E-state index contributed by atoms with van der Waals surface area (Å²) in [7, 11) is 1.66. The van der Waals surface area contributed by atoms with Crippen molar-refractivity contribution in [2.24, 2.45) is 0 Å². The fourth-order valence-electron chi connectivity index (χ4n) is 1.32. The molecule has 0 saturated heterocycles. The van der Waals surface area contributed by atoms with Crippen molar-refractivity contribution in [2.75, 3.05) is 59.8 Å². The molecule has 0 aromatic rings. The quantitative estimate of drug-likeness (QED) is 0.504. The molecule has 1 N–H and O–H groups in total. The van der Waals surface area contributed by atoms with Gasteiger partial charge in [-0.05, 0) is 20.4 Å². The highest BCUT2D eigenvalue weighted by molar-refractivity contribution is 4.71. The van der Waals surface area contributed by atoms with Gasteiger partial charge >= 0.3 is 0 Å². The maximum absolute atomic E-state index is 5.73. The molecule has 18 heavy (non-hydrogen) atoms. The molecule has 0 aliphatic heterocycles. The van der Waals surface area contributed by atoms with Crippen molar-refractivity contribution < 1.29 is 18.9 Å².